The topological polar surface area (TPSA) is 50.4 Å². The first-order valence-electron chi connectivity index (χ1n) is 4.92. The molecule has 0 spiro atoms. The van der Waals surface area contributed by atoms with Crippen LogP contribution in [0.2, 0.25) is 5.02 Å². The lowest BCUT2D eigenvalue weighted by Crippen LogP contribution is -1.84. The van der Waals surface area contributed by atoms with Gasteiger partial charge < -0.3 is 9.52 Å². The lowest BCUT2D eigenvalue weighted by molar-refractivity contribution is -0.131. The lowest BCUT2D eigenvalue weighted by Gasteiger charge is -1.96. The average molecular weight is 285 g/mol. The maximum absolute atomic E-state index is 10.3. The Balaban J connectivity index is 0.00000162. The van der Waals surface area contributed by atoms with E-state index < -0.39 is 5.97 Å². The summed E-state index contributed by atoms with van der Waals surface area (Å²) in [5.41, 5.74) is 0.893. The standard InChI is InChI=1S/C13H9ClO3.ClH/c14-10-3-1-9(2-4-10)12-7-5-11(17-12)6-8-13(15)16;/h1-8H,(H,15,16);1H. The summed E-state index contributed by atoms with van der Waals surface area (Å²) >= 11 is 5.78. The second-order valence-electron chi connectivity index (χ2n) is 3.38. The third-order valence-electron chi connectivity index (χ3n) is 2.15. The zero-order valence-electron chi connectivity index (χ0n) is 9.17. The van der Waals surface area contributed by atoms with Crippen molar-refractivity contribution in [2.75, 3.05) is 0 Å². The van der Waals surface area contributed by atoms with Crippen molar-refractivity contribution in [1.82, 2.24) is 0 Å². The number of hydrogen-bond acceptors (Lipinski definition) is 2. The number of rotatable bonds is 3. The first-order valence-corrected chi connectivity index (χ1v) is 5.30. The van der Waals surface area contributed by atoms with E-state index >= 15 is 0 Å². The molecule has 2 rings (SSSR count). The molecule has 0 saturated carbocycles. The number of furan rings is 1. The van der Waals surface area contributed by atoms with Gasteiger partial charge in [0.1, 0.15) is 11.5 Å². The van der Waals surface area contributed by atoms with Gasteiger partial charge in [-0.3, -0.25) is 0 Å². The van der Waals surface area contributed by atoms with E-state index in [4.69, 9.17) is 21.1 Å². The van der Waals surface area contributed by atoms with Crippen LogP contribution in [-0.2, 0) is 4.79 Å². The summed E-state index contributed by atoms with van der Waals surface area (Å²) < 4.78 is 5.47. The molecule has 2 aromatic rings. The van der Waals surface area contributed by atoms with Gasteiger partial charge in [-0.25, -0.2) is 4.79 Å². The summed E-state index contributed by atoms with van der Waals surface area (Å²) in [6.45, 7) is 0. The zero-order chi connectivity index (χ0) is 12.3. The van der Waals surface area contributed by atoms with Gasteiger partial charge in [0.15, 0.2) is 0 Å². The molecule has 0 aliphatic carbocycles. The van der Waals surface area contributed by atoms with Gasteiger partial charge in [-0.15, -0.1) is 12.4 Å². The van der Waals surface area contributed by atoms with E-state index in [-0.39, 0.29) is 12.4 Å². The highest BCUT2D eigenvalue weighted by Gasteiger charge is 2.03. The molecule has 3 nitrogen and oxygen atoms in total. The van der Waals surface area contributed by atoms with Crippen molar-refractivity contribution >= 4 is 36.1 Å². The predicted molar refractivity (Wildman–Crippen MR) is 73.1 cm³/mol. The monoisotopic (exact) mass is 284 g/mol. The highest BCUT2D eigenvalue weighted by atomic mass is 35.5. The van der Waals surface area contributed by atoms with Crippen LogP contribution in [0.3, 0.4) is 0 Å². The molecule has 0 saturated heterocycles. The summed E-state index contributed by atoms with van der Waals surface area (Å²) in [6.07, 6.45) is 2.44. The van der Waals surface area contributed by atoms with Crippen LogP contribution in [0.1, 0.15) is 5.76 Å². The number of hydrogen-bond donors (Lipinski definition) is 1. The fraction of sp³-hybridized carbons (Fsp3) is 0. The van der Waals surface area contributed by atoms with Crippen molar-refractivity contribution in [3.8, 4) is 11.3 Å². The molecule has 0 atom stereocenters. The molecule has 0 bridgehead atoms. The van der Waals surface area contributed by atoms with E-state index in [0.29, 0.717) is 16.5 Å². The first-order chi connectivity index (χ1) is 8.15. The first kappa shape index (κ1) is 14.4. The Bertz CT molecular complexity index is 556. The highest BCUT2D eigenvalue weighted by molar-refractivity contribution is 6.30. The maximum Gasteiger partial charge on any atom is 0.328 e. The Labute approximate surface area is 115 Å². The summed E-state index contributed by atoms with van der Waals surface area (Å²) in [4.78, 5) is 10.3. The van der Waals surface area contributed by atoms with Crippen molar-refractivity contribution in [3.63, 3.8) is 0 Å². The summed E-state index contributed by atoms with van der Waals surface area (Å²) in [5.74, 6) is 0.165. The van der Waals surface area contributed by atoms with Crippen molar-refractivity contribution in [3.05, 3.63) is 53.3 Å². The van der Waals surface area contributed by atoms with Gasteiger partial charge in [0.2, 0.25) is 0 Å². The Morgan fingerprint density at radius 2 is 1.83 bits per heavy atom. The Kier molecular flexibility index (Phi) is 5.01. The molecule has 1 N–H and O–H groups in total. The minimum atomic E-state index is -1.01. The van der Waals surface area contributed by atoms with Crippen LogP contribution in [0.15, 0.2) is 46.9 Å². The molecule has 94 valence electrons. The largest absolute Gasteiger partial charge is 0.478 e. The molecule has 1 heterocycles. The van der Waals surface area contributed by atoms with E-state index in [1.165, 1.54) is 6.08 Å². The number of carboxylic acids is 1. The van der Waals surface area contributed by atoms with Crippen LogP contribution in [0, 0.1) is 0 Å². The zero-order valence-corrected chi connectivity index (χ0v) is 10.7. The maximum atomic E-state index is 10.3. The number of halogens is 2. The molecule has 0 fully saturated rings. The van der Waals surface area contributed by atoms with E-state index in [2.05, 4.69) is 0 Å². The Morgan fingerprint density at radius 3 is 2.44 bits per heavy atom. The molecule has 0 aliphatic heterocycles. The normalized spacial score (nSPS) is 10.3. The molecule has 0 unspecified atom stereocenters. The molecule has 0 amide bonds. The summed E-state index contributed by atoms with van der Waals surface area (Å²) in [7, 11) is 0. The van der Waals surface area contributed by atoms with Crippen LogP contribution in [0.4, 0.5) is 0 Å². The number of carbonyl (C=O) groups is 1. The number of aliphatic carboxylic acids is 1. The predicted octanol–water partition coefficient (Wildman–Crippen LogP) is 4.12. The fourth-order valence-corrected chi connectivity index (χ4v) is 1.49. The third kappa shape index (κ3) is 3.65. The van der Waals surface area contributed by atoms with Crippen molar-refractivity contribution in [2.45, 2.75) is 0 Å². The molecule has 0 radical (unpaired) electrons. The average Bonchev–Trinajstić information content (AvgIpc) is 2.76. The Hall–Kier alpha value is -1.71. The highest BCUT2D eigenvalue weighted by Crippen LogP contribution is 2.24. The summed E-state index contributed by atoms with van der Waals surface area (Å²) in [5, 5.41) is 9.14. The molecular formula is C13H10Cl2O3. The van der Waals surface area contributed by atoms with Crippen LogP contribution < -0.4 is 0 Å². The molecule has 18 heavy (non-hydrogen) atoms. The van der Waals surface area contributed by atoms with Gasteiger partial charge in [-0.2, -0.15) is 0 Å². The van der Waals surface area contributed by atoms with Crippen molar-refractivity contribution in [1.29, 1.82) is 0 Å². The minimum absolute atomic E-state index is 0. The quantitative estimate of drug-likeness (QED) is 0.863. The SMILES string of the molecule is Cl.O=C(O)C=Cc1ccc(-c2ccc(Cl)cc2)o1. The lowest BCUT2D eigenvalue weighted by atomic mass is 10.2. The molecular weight excluding hydrogens is 275 g/mol. The van der Waals surface area contributed by atoms with Gasteiger partial charge >= 0.3 is 5.97 Å². The second-order valence-corrected chi connectivity index (χ2v) is 3.82. The van der Waals surface area contributed by atoms with Gasteiger partial charge in [-0.05, 0) is 42.5 Å². The number of benzene rings is 1. The van der Waals surface area contributed by atoms with Crippen LogP contribution in [-0.4, -0.2) is 11.1 Å². The number of carboxylic acid groups (broad SMARTS) is 1. The Morgan fingerprint density at radius 1 is 1.17 bits per heavy atom. The van der Waals surface area contributed by atoms with Gasteiger partial charge in [0, 0.05) is 16.7 Å². The molecule has 1 aromatic carbocycles. The van der Waals surface area contributed by atoms with E-state index in [0.717, 1.165) is 11.6 Å². The van der Waals surface area contributed by atoms with E-state index in [9.17, 15) is 4.79 Å². The van der Waals surface area contributed by atoms with Crippen LogP contribution >= 0.6 is 24.0 Å². The molecule has 1 aromatic heterocycles. The van der Waals surface area contributed by atoms with Gasteiger partial charge in [-0.1, -0.05) is 11.6 Å². The molecule has 5 heteroatoms. The van der Waals surface area contributed by atoms with Gasteiger partial charge in [0.05, 0.1) is 0 Å². The van der Waals surface area contributed by atoms with Crippen LogP contribution in [0.25, 0.3) is 17.4 Å². The van der Waals surface area contributed by atoms with Crippen molar-refractivity contribution < 1.29 is 14.3 Å². The van der Waals surface area contributed by atoms with Crippen molar-refractivity contribution in [2.24, 2.45) is 0 Å². The summed E-state index contributed by atoms with van der Waals surface area (Å²) in [6, 6.07) is 10.7. The van der Waals surface area contributed by atoms with E-state index in [1.807, 2.05) is 12.1 Å². The second kappa shape index (κ2) is 6.28. The third-order valence-corrected chi connectivity index (χ3v) is 2.40. The fourth-order valence-electron chi connectivity index (χ4n) is 1.37. The van der Waals surface area contributed by atoms with Crippen LogP contribution in [0.5, 0.6) is 0 Å². The molecule has 0 aliphatic rings. The van der Waals surface area contributed by atoms with Gasteiger partial charge in [0.25, 0.3) is 0 Å². The smallest absolute Gasteiger partial charge is 0.328 e. The van der Waals surface area contributed by atoms with E-state index in [1.54, 1.807) is 24.3 Å². The minimum Gasteiger partial charge on any atom is -0.478 e.